The first-order valence-electron chi connectivity index (χ1n) is 10.6. The molecule has 1 saturated carbocycles. The molecule has 2 N–H and O–H groups in total. The molecular formula is C24H24FN3O3S. The number of aromatic nitrogens is 1. The highest BCUT2D eigenvalue weighted by Crippen LogP contribution is 2.21. The van der Waals surface area contributed by atoms with Crippen LogP contribution in [0.4, 0.5) is 4.39 Å². The maximum Gasteiger partial charge on any atom is 0.271 e. The zero-order valence-corrected chi connectivity index (χ0v) is 18.2. The van der Waals surface area contributed by atoms with Crippen molar-refractivity contribution in [3.8, 4) is 5.75 Å². The van der Waals surface area contributed by atoms with Crippen molar-refractivity contribution in [2.45, 2.75) is 44.4 Å². The summed E-state index contributed by atoms with van der Waals surface area (Å²) in [4.78, 5) is 29.7. The summed E-state index contributed by atoms with van der Waals surface area (Å²) in [6, 6.07) is 14.5. The minimum atomic E-state index is -0.388. The number of para-hydroxylation sites is 1. The van der Waals surface area contributed by atoms with Gasteiger partial charge >= 0.3 is 0 Å². The van der Waals surface area contributed by atoms with E-state index in [1.165, 1.54) is 35.6 Å². The lowest BCUT2D eigenvalue weighted by Gasteiger charge is -2.32. The van der Waals surface area contributed by atoms with Crippen molar-refractivity contribution >= 4 is 23.2 Å². The second-order valence-corrected chi connectivity index (χ2v) is 8.62. The van der Waals surface area contributed by atoms with Crippen molar-refractivity contribution in [2.24, 2.45) is 0 Å². The van der Waals surface area contributed by atoms with Gasteiger partial charge in [0.05, 0.1) is 0 Å². The van der Waals surface area contributed by atoms with Crippen LogP contribution >= 0.6 is 11.3 Å². The SMILES string of the molecule is O=C(NC1CCCCC1NC(=O)c1csc(COc2ccccc2)n1)c1ccc(F)cc1. The number of hydrogen-bond acceptors (Lipinski definition) is 5. The summed E-state index contributed by atoms with van der Waals surface area (Å²) in [6.45, 7) is 0.293. The molecule has 166 valence electrons. The molecule has 1 aliphatic carbocycles. The molecule has 1 heterocycles. The molecule has 8 heteroatoms. The molecule has 1 fully saturated rings. The smallest absolute Gasteiger partial charge is 0.271 e. The van der Waals surface area contributed by atoms with Crippen LogP contribution in [0.3, 0.4) is 0 Å². The Morgan fingerprint density at radius 3 is 2.31 bits per heavy atom. The molecule has 3 aromatic rings. The first-order valence-corrected chi connectivity index (χ1v) is 11.5. The van der Waals surface area contributed by atoms with Crippen molar-refractivity contribution in [1.29, 1.82) is 0 Å². The second-order valence-electron chi connectivity index (χ2n) is 7.68. The molecule has 0 bridgehead atoms. The predicted octanol–water partition coefficient (Wildman–Crippen LogP) is 4.33. The lowest BCUT2D eigenvalue weighted by molar-refractivity contribution is 0.0860. The molecule has 2 amide bonds. The summed E-state index contributed by atoms with van der Waals surface area (Å²) >= 11 is 1.37. The van der Waals surface area contributed by atoms with E-state index in [-0.39, 0.29) is 29.7 Å². The minimum absolute atomic E-state index is 0.189. The molecule has 1 aliphatic rings. The van der Waals surface area contributed by atoms with Gasteiger partial charge in [0.25, 0.3) is 11.8 Å². The first kappa shape index (κ1) is 22.0. The number of thiazole rings is 1. The molecule has 2 aromatic carbocycles. The van der Waals surface area contributed by atoms with Gasteiger partial charge in [-0.3, -0.25) is 9.59 Å². The Bertz CT molecular complexity index is 1060. The number of benzene rings is 2. The van der Waals surface area contributed by atoms with Gasteiger partial charge in [0.15, 0.2) is 0 Å². The van der Waals surface area contributed by atoms with Crippen LogP contribution in [0, 0.1) is 5.82 Å². The molecule has 6 nitrogen and oxygen atoms in total. The largest absolute Gasteiger partial charge is 0.486 e. The highest BCUT2D eigenvalue weighted by molar-refractivity contribution is 7.09. The molecule has 0 saturated heterocycles. The predicted molar refractivity (Wildman–Crippen MR) is 120 cm³/mol. The van der Waals surface area contributed by atoms with Crippen LogP contribution in [-0.4, -0.2) is 28.9 Å². The fraction of sp³-hybridized carbons (Fsp3) is 0.292. The highest BCUT2D eigenvalue weighted by atomic mass is 32.1. The Balaban J connectivity index is 1.34. The summed E-state index contributed by atoms with van der Waals surface area (Å²) in [5.74, 6) is -0.179. The Morgan fingerprint density at radius 1 is 0.969 bits per heavy atom. The van der Waals surface area contributed by atoms with E-state index in [1.807, 2.05) is 30.3 Å². The molecule has 2 atom stereocenters. The monoisotopic (exact) mass is 453 g/mol. The van der Waals surface area contributed by atoms with Crippen LogP contribution in [0.2, 0.25) is 0 Å². The molecule has 32 heavy (non-hydrogen) atoms. The number of amides is 2. The molecule has 0 spiro atoms. The van der Waals surface area contributed by atoms with Crippen molar-refractivity contribution in [3.05, 3.63) is 82.1 Å². The van der Waals surface area contributed by atoms with Crippen LogP contribution < -0.4 is 15.4 Å². The number of nitrogens with one attached hydrogen (secondary N) is 2. The van der Waals surface area contributed by atoms with Crippen LogP contribution in [0.25, 0.3) is 0 Å². The maximum atomic E-state index is 13.1. The van der Waals surface area contributed by atoms with Crippen molar-refractivity contribution in [2.75, 3.05) is 0 Å². The molecule has 4 rings (SSSR count). The number of hydrogen-bond donors (Lipinski definition) is 2. The van der Waals surface area contributed by atoms with Gasteiger partial charge in [-0.25, -0.2) is 9.37 Å². The maximum absolute atomic E-state index is 13.1. The first-order chi connectivity index (χ1) is 15.6. The topological polar surface area (TPSA) is 80.3 Å². The fourth-order valence-electron chi connectivity index (χ4n) is 3.71. The third-order valence-electron chi connectivity index (χ3n) is 5.40. The number of ether oxygens (including phenoxy) is 1. The average Bonchev–Trinajstić information content (AvgIpc) is 3.29. The Hall–Kier alpha value is -3.26. The lowest BCUT2D eigenvalue weighted by Crippen LogP contribution is -2.53. The van der Waals surface area contributed by atoms with E-state index < -0.39 is 0 Å². The Morgan fingerprint density at radius 2 is 1.62 bits per heavy atom. The number of halogens is 1. The van der Waals surface area contributed by atoms with Crippen molar-refractivity contribution < 1.29 is 18.7 Å². The molecule has 0 aliphatic heterocycles. The number of carbonyl (C=O) groups is 2. The van der Waals surface area contributed by atoms with Gasteiger partial charge in [-0.1, -0.05) is 31.0 Å². The zero-order valence-electron chi connectivity index (χ0n) is 17.4. The Labute approximate surface area is 189 Å². The van der Waals surface area contributed by atoms with Crippen LogP contribution in [0.15, 0.2) is 60.0 Å². The van der Waals surface area contributed by atoms with E-state index in [4.69, 9.17) is 4.74 Å². The van der Waals surface area contributed by atoms with Gasteiger partial charge in [-0.15, -0.1) is 11.3 Å². The van der Waals surface area contributed by atoms with E-state index in [0.717, 1.165) is 31.4 Å². The van der Waals surface area contributed by atoms with Crippen molar-refractivity contribution in [3.63, 3.8) is 0 Å². The third kappa shape index (κ3) is 5.70. The normalized spacial score (nSPS) is 18.0. The summed E-state index contributed by atoms with van der Waals surface area (Å²) < 4.78 is 18.8. The third-order valence-corrected chi connectivity index (χ3v) is 6.22. The van der Waals surface area contributed by atoms with E-state index >= 15 is 0 Å². The van der Waals surface area contributed by atoms with E-state index in [9.17, 15) is 14.0 Å². The lowest BCUT2D eigenvalue weighted by atomic mass is 9.90. The van der Waals surface area contributed by atoms with Gasteiger partial charge in [0.1, 0.15) is 28.9 Å². The van der Waals surface area contributed by atoms with E-state index in [0.29, 0.717) is 22.9 Å². The molecular weight excluding hydrogens is 429 g/mol. The van der Waals surface area contributed by atoms with Gasteiger partial charge in [0, 0.05) is 23.0 Å². The molecule has 0 radical (unpaired) electrons. The molecule has 1 aromatic heterocycles. The highest BCUT2D eigenvalue weighted by Gasteiger charge is 2.29. The quantitative estimate of drug-likeness (QED) is 0.558. The molecule has 2 unspecified atom stereocenters. The number of rotatable bonds is 7. The summed E-state index contributed by atoms with van der Waals surface area (Å²) in [7, 11) is 0. The van der Waals surface area contributed by atoms with Gasteiger partial charge < -0.3 is 15.4 Å². The van der Waals surface area contributed by atoms with E-state index in [1.54, 1.807) is 5.38 Å². The van der Waals surface area contributed by atoms with Gasteiger partial charge in [-0.05, 0) is 49.2 Å². The van der Waals surface area contributed by atoms with Crippen molar-refractivity contribution in [1.82, 2.24) is 15.6 Å². The second kappa shape index (κ2) is 10.4. The Kier molecular flexibility index (Phi) is 7.11. The van der Waals surface area contributed by atoms with Gasteiger partial charge in [-0.2, -0.15) is 0 Å². The van der Waals surface area contributed by atoms with E-state index in [2.05, 4.69) is 15.6 Å². The summed E-state index contributed by atoms with van der Waals surface area (Å²) in [5, 5.41) is 8.45. The van der Waals surface area contributed by atoms with Crippen LogP contribution in [0.1, 0.15) is 51.5 Å². The average molecular weight is 454 g/mol. The summed E-state index contributed by atoms with van der Waals surface area (Å²) in [5.41, 5.74) is 0.737. The number of nitrogens with zero attached hydrogens (tertiary/aromatic N) is 1. The van der Waals surface area contributed by atoms with Crippen LogP contribution in [-0.2, 0) is 6.61 Å². The van der Waals surface area contributed by atoms with Crippen LogP contribution in [0.5, 0.6) is 5.75 Å². The van der Waals surface area contributed by atoms with Gasteiger partial charge in [0.2, 0.25) is 0 Å². The zero-order chi connectivity index (χ0) is 22.3. The standard InChI is InChI=1S/C24H24FN3O3S/c25-17-12-10-16(11-13-17)23(29)27-19-8-4-5-9-20(19)28-24(30)21-15-32-22(26-21)14-31-18-6-2-1-3-7-18/h1-3,6-7,10-13,15,19-20H,4-5,8-9,14H2,(H,27,29)(H,28,30). The number of carbonyl (C=O) groups excluding carboxylic acids is 2. The summed E-state index contributed by atoms with van der Waals surface area (Å²) in [6.07, 6.45) is 3.48. The fourth-order valence-corrected chi connectivity index (χ4v) is 4.40. The minimum Gasteiger partial charge on any atom is -0.486 e.